The number of hydrogen-bond acceptors (Lipinski definition) is 0. The van der Waals surface area contributed by atoms with Crippen LogP contribution >= 0.6 is 0 Å². The minimum absolute atomic E-state index is 0.622. The maximum atomic E-state index is 3.69. The molecule has 1 unspecified atom stereocenters. The lowest BCUT2D eigenvalue weighted by molar-refractivity contribution is 0.747. The zero-order valence-electron chi connectivity index (χ0n) is 5.59. The molecule has 0 fully saturated rings. The van der Waals surface area contributed by atoms with Crippen molar-refractivity contribution in [1.29, 1.82) is 0 Å². The summed E-state index contributed by atoms with van der Waals surface area (Å²) in [5.74, 6) is 0.622. The van der Waals surface area contributed by atoms with Gasteiger partial charge in [-0.25, -0.2) is 0 Å². The third-order valence-electron chi connectivity index (χ3n) is 1.48. The summed E-state index contributed by atoms with van der Waals surface area (Å²) in [6.07, 6.45) is 13.0. The van der Waals surface area contributed by atoms with E-state index in [1.54, 1.807) is 0 Å². The second-order valence-corrected chi connectivity index (χ2v) is 2.28. The van der Waals surface area contributed by atoms with Crippen molar-refractivity contribution in [3.63, 3.8) is 0 Å². The van der Waals surface area contributed by atoms with Crippen LogP contribution in [0.25, 0.3) is 0 Å². The van der Waals surface area contributed by atoms with Gasteiger partial charge in [0.15, 0.2) is 0 Å². The minimum Gasteiger partial charge on any atom is -0.103 e. The topological polar surface area (TPSA) is 0 Å². The molecular formula is C9H12. The van der Waals surface area contributed by atoms with Gasteiger partial charge in [0, 0.05) is 0 Å². The molecule has 0 N–H and O–H groups in total. The summed E-state index contributed by atoms with van der Waals surface area (Å²) < 4.78 is 0. The van der Waals surface area contributed by atoms with Gasteiger partial charge in [0.1, 0.15) is 0 Å². The van der Waals surface area contributed by atoms with E-state index in [4.69, 9.17) is 0 Å². The first-order valence-corrected chi connectivity index (χ1v) is 3.37. The summed E-state index contributed by atoms with van der Waals surface area (Å²) in [7, 11) is 0. The van der Waals surface area contributed by atoms with Crippen molar-refractivity contribution in [2.75, 3.05) is 0 Å². The lowest BCUT2D eigenvalue weighted by atomic mass is 9.93. The Hall–Kier alpha value is -0.520. The van der Waals surface area contributed by atoms with Gasteiger partial charge in [-0.2, -0.15) is 0 Å². The first-order chi connectivity index (χ1) is 4.43. The Morgan fingerprint density at radius 1 is 1.67 bits per heavy atom. The van der Waals surface area contributed by atoms with Crippen LogP contribution in [-0.4, -0.2) is 0 Å². The first kappa shape index (κ1) is 6.60. The first-order valence-electron chi connectivity index (χ1n) is 3.37. The molecule has 0 bridgehead atoms. The van der Waals surface area contributed by atoms with Crippen molar-refractivity contribution >= 4 is 0 Å². The normalized spacial score (nSPS) is 26.0. The van der Waals surface area contributed by atoms with Gasteiger partial charge in [0.2, 0.25) is 0 Å². The number of hydrogen-bond donors (Lipinski definition) is 0. The van der Waals surface area contributed by atoms with E-state index in [1.165, 1.54) is 0 Å². The zero-order chi connectivity index (χ0) is 6.53. The van der Waals surface area contributed by atoms with E-state index in [2.05, 4.69) is 31.6 Å². The maximum absolute atomic E-state index is 3.69. The van der Waals surface area contributed by atoms with Crippen molar-refractivity contribution in [2.24, 2.45) is 5.92 Å². The Kier molecular flexibility index (Phi) is 2.56. The second kappa shape index (κ2) is 3.49. The molecule has 9 heavy (non-hydrogen) atoms. The molecule has 0 aromatic carbocycles. The summed E-state index contributed by atoms with van der Waals surface area (Å²) in [5.41, 5.74) is 0. The monoisotopic (exact) mass is 120 g/mol. The Bertz CT molecular complexity index is 111. The smallest absolute Gasteiger partial charge is 0.0165 e. The van der Waals surface area contributed by atoms with E-state index in [1.807, 2.05) is 6.08 Å². The third kappa shape index (κ3) is 2.05. The molecule has 0 saturated carbocycles. The van der Waals surface area contributed by atoms with Gasteiger partial charge in [0.25, 0.3) is 0 Å². The van der Waals surface area contributed by atoms with Gasteiger partial charge in [0.05, 0.1) is 0 Å². The fourth-order valence-corrected chi connectivity index (χ4v) is 0.999. The number of rotatable bonds is 2. The highest BCUT2D eigenvalue weighted by molar-refractivity contribution is 5.10. The molecule has 0 aliphatic heterocycles. The Labute approximate surface area is 57.3 Å². The van der Waals surface area contributed by atoms with Crippen LogP contribution in [0.1, 0.15) is 12.8 Å². The molecule has 2 radical (unpaired) electrons. The standard InChI is InChI=1S/C9H12/c1-2-6-9-7-4-3-5-8-9/h2,4-5,7-9H,1,3,6H2. The molecule has 0 spiro atoms. The van der Waals surface area contributed by atoms with E-state index >= 15 is 0 Å². The van der Waals surface area contributed by atoms with Gasteiger partial charge in [-0.05, 0) is 31.6 Å². The molecule has 48 valence electrons. The summed E-state index contributed by atoms with van der Waals surface area (Å²) in [4.78, 5) is 0. The second-order valence-electron chi connectivity index (χ2n) is 2.28. The SMILES string of the molecule is C=CCC1[CH][CH]CC=C1. The largest absolute Gasteiger partial charge is 0.103 e. The van der Waals surface area contributed by atoms with Crippen LogP contribution in [0.5, 0.6) is 0 Å². The summed E-state index contributed by atoms with van der Waals surface area (Å²) in [6.45, 7) is 3.69. The summed E-state index contributed by atoms with van der Waals surface area (Å²) in [6, 6.07) is 0. The van der Waals surface area contributed by atoms with Gasteiger partial charge in [-0.3, -0.25) is 0 Å². The predicted octanol–water partition coefficient (Wildman–Crippen LogP) is 2.55. The van der Waals surface area contributed by atoms with Crippen LogP contribution in [-0.2, 0) is 0 Å². The molecule has 1 aliphatic carbocycles. The van der Waals surface area contributed by atoms with Gasteiger partial charge in [-0.15, -0.1) is 6.58 Å². The van der Waals surface area contributed by atoms with Crippen LogP contribution in [0, 0.1) is 18.8 Å². The lowest BCUT2D eigenvalue weighted by Crippen LogP contribution is -1.99. The van der Waals surface area contributed by atoms with Crippen LogP contribution in [0.3, 0.4) is 0 Å². The predicted molar refractivity (Wildman–Crippen MR) is 40.7 cm³/mol. The Balaban J connectivity index is 2.31. The average Bonchev–Trinajstić information content (AvgIpc) is 1.91. The van der Waals surface area contributed by atoms with E-state index in [0.717, 1.165) is 12.8 Å². The van der Waals surface area contributed by atoms with Crippen LogP contribution in [0.4, 0.5) is 0 Å². The molecule has 1 aliphatic rings. The molecule has 0 aromatic rings. The average molecular weight is 120 g/mol. The van der Waals surface area contributed by atoms with Gasteiger partial charge in [-0.1, -0.05) is 18.2 Å². The van der Waals surface area contributed by atoms with Crippen LogP contribution in [0.15, 0.2) is 24.8 Å². The van der Waals surface area contributed by atoms with Crippen LogP contribution < -0.4 is 0 Å². The fourth-order valence-electron chi connectivity index (χ4n) is 0.999. The molecule has 0 heterocycles. The Morgan fingerprint density at radius 3 is 3.11 bits per heavy atom. The van der Waals surface area contributed by atoms with Gasteiger partial charge >= 0.3 is 0 Å². The highest BCUT2D eigenvalue weighted by Gasteiger charge is 2.05. The van der Waals surface area contributed by atoms with E-state index < -0.39 is 0 Å². The van der Waals surface area contributed by atoms with Crippen molar-refractivity contribution in [3.05, 3.63) is 37.6 Å². The molecule has 1 atom stereocenters. The molecule has 0 heteroatoms. The summed E-state index contributed by atoms with van der Waals surface area (Å²) >= 11 is 0. The van der Waals surface area contributed by atoms with Crippen molar-refractivity contribution in [3.8, 4) is 0 Å². The highest BCUT2D eigenvalue weighted by Crippen LogP contribution is 2.17. The highest BCUT2D eigenvalue weighted by atomic mass is 14.1. The molecular weight excluding hydrogens is 108 g/mol. The molecule has 1 rings (SSSR count). The summed E-state index contributed by atoms with van der Waals surface area (Å²) in [5, 5.41) is 0. The van der Waals surface area contributed by atoms with Crippen molar-refractivity contribution < 1.29 is 0 Å². The molecule has 0 saturated heterocycles. The van der Waals surface area contributed by atoms with Crippen molar-refractivity contribution in [2.45, 2.75) is 12.8 Å². The third-order valence-corrected chi connectivity index (χ3v) is 1.48. The molecule has 0 nitrogen and oxygen atoms in total. The zero-order valence-corrected chi connectivity index (χ0v) is 5.59. The minimum atomic E-state index is 0.622. The maximum Gasteiger partial charge on any atom is -0.0165 e. The molecule has 0 aromatic heterocycles. The Morgan fingerprint density at radius 2 is 2.56 bits per heavy atom. The lowest BCUT2D eigenvalue weighted by Gasteiger charge is -2.12. The van der Waals surface area contributed by atoms with E-state index in [9.17, 15) is 0 Å². The molecule has 0 amide bonds. The number of allylic oxidation sites excluding steroid dienone is 3. The van der Waals surface area contributed by atoms with Gasteiger partial charge < -0.3 is 0 Å². The fraction of sp³-hybridized carbons (Fsp3) is 0.333. The quantitative estimate of drug-likeness (QED) is 0.491. The van der Waals surface area contributed by atoms with E-state index in [-0.39, 0.29) is 0 Å². The van der Waals surface area contributed by atoms with E-state index in [0.29, 0.717) is 5.92 Å². The van der Waals surface area contributed by atoms with Crippen molar-refractivity contribution in [1.82, 2.24) is 0 Å². The van der Waals surface area contributed by atoms with Crippen LogP contribution in [0.2, 0.25) is 0 Å².